The van der Waals surface area contributed by atoms with Crippen molar-refractivity contribution >= 4 is 27.6 Å². The molecule has 35 heavy (non-hydrogen) atoms. The summed E-state index contributed by atoms with van der Waals surface area (Å²) in [7, 11) is -4.61. The van der Waals surface area contributed by atoms with E-state index in [4.69, 9.17) is 22.1 Å². The number of alkyl halides is 2. The average molecular weight is 529 g/mol. The SMILES string of the molecule is CCC(C(Oc1ccc2c(c1)C(C1(c3ccc(Cl)cc3)CC(F)(F)C1)NCC2)C(N)=O)S(=O)(=O)O. The number of carbonyl (C=O) groups excluding carboxylic acids is 1. The summed E-state index contributed by atoms with van der Waals surface area (Å²) in [6.45, 7) is 2.07. The number of hydrogen-bond donors (Lipinski definition) is 3. The molecule has 4 N–H and O–H groups in total. The summed E-state index contributed by atoms with van der Waals surface area (Å²) in [5.41, 5.74) is 6.89. The first kappa shape index (κ1) is 25.8. The van der Waals surface area contributed by atoms with Gasteiger partial charge in [-0.3, -0.25) is 9.35 Å². The predicted octanol–water partition coefficient (Wildman–Crippen LogP) is 3.79. The van der Waals surface area contributed by atoms with Crippen molar-refractivity contribution in [1.29, 1.82) is 0 Å². The van der Waals surface area contributed by atoms with Gasteiger partial charge >= 0.3 is 0 Å². The molecule has 11 heteroatoms. The molecule has 3 unspecified atom stereocenters. The Balaban J connectivity index is 1.73. The van der Waals surface area contributed by atoms with Gasteiger partial charge in [-0.25, -0.2) is 8.78 Å². The molecule has 2 aromatic carbocycles. The van der Waals surface area contributed by atoms with Gasteiger partial charge in [-0.15, -0.1) is 0 Å². The van der Waals surface area contributed by atoms with Crippen molar-refractivity contribution in [2.24, 2.45) is 5.73 Å². The molecule has 7 nitrogen and oxygen atoms in total. The van der Waals surface area contributed by atoms with Crippen LogP contribution in [0.1, 0.15) is 48.9 Å². The molecule has 1 aliphatic carbocycles. The molecule has 0 spiro atoms. The number of hydrogen-bond acceptors (Lipinski definition) is 5. The zero-order valence-electron chi connectivity index (χ0n) is 19.0. The zero-order valence-corrected chi connectivity index (χ0v) is 20.6. The van der Waals surface area contributed by atoms with E-state index >= 15 is 0 Å². The van der Waals surface area contributed by atoms with Crippen LogP contribution in [0.15, 0.2) is 42.5 Å². The lowest BCUT2D eigenvalue weighted by atomic mass is 9.56. The van der Waals surface area contributed by atoms with Crippen LogP contribution in [0.3, 0.4) is 0 Å². The number of ether oxygens (including phenoxy) is 1. The van der Waals surface area contributed by atoms with Gasteiger partial charge in [0.2, 0.25) is 5.92 Å². The Labute approximate surface area is 207 Å². The molecule has 0 bridgehead atoms. The molecule has 190 valence electrons. The first-order chi connectivity index (χ1) is 16.4. The van der Waals surface area contributed by atoms with Crippen molar-refractivity contribution in [3.05, 3.63) is 64.2 Å². The number of nitrogens with one attached hydrogen (secondary N) is 1. The van der Waals surface area contributed by atoms with E-state index in [0.717, 1.165) is 16.7 Å². The molecule has 2 aromatic rings. The van der Waals surface area contributed by atoms with Gasteiger partial charge in [-0.05, 0) is 60.3 Å². The quantitative estimate of drug-likeness (QED) is 0.449. The third-order valence-corrected chi connectivity index (χ3v) is 8.55. The molecule has 0 saturated heterocycles. The van der Waals surface area contributed by atoms with Crippen LogP contribution in [0.5, 0.6) is 5.75 Å². The maximum Gasteiger partial charge on any atom is 0.272 e. The third-order valence-electron chi connectivity index (χ3n) is 6.96. The van der Waals surface area contributed by atoms with Crippen molar-refractivity contribution in [2.75, 3.05) is 6.54 Å². The molecule has 1 fully saturated rings. The Morgan fingerprint density at radius 1 is 1.26 bits per heavy atom. The number of carbonyl (C=O) groups is 1. The van der Waals surface area contributed by atoms with E-state index in [1.165, 1.54) is 6.92 Å². The smallest absolute Gasteiger partial charge is 0.272 e. The van der Waals surface area contributed by atoms with Gasteiger partial charge in [0.1, 0.15) is 11.0 Å². The highest BCUT2D eigenvalue weighted by atomic mass is 35.5. The molecular weight excluding hydrogens is 502 g/mol. The van der Waals surface area contributed by atoms with Crippen molar-refractivity contribution in [2.45, 2.75) is 61.3 Å². The summed E-state index contributed by atoms with van der Waals surface area (Å²) in [6, 6.07) is 11.4. The van der Waals surface area contributed by atoms with Gasteiger partial charge in [0.05, 0.1) is 0 Å². The van der Waals surface area contributed by atoms with E-state index in [1.807, 2.05) is 0 Å². The van der Waals surface area contributed by atoms with Gasteiger partial charge in [0.25, 0.3) is 16.0 Å². The Morgan fingerprint density at radius 3 is 2.46 bits per heavy atom. The van der Waals surface area contributed by atoms with Gasteiger partial charge in [-0.2, -0.15) is 8.42 Å². The lowest BCUT2D eigenvalue weighted by Gasteiger charge is -2.54. The fraction of sp³-hybridized carbons (Fsp3) is 0.458. The standard InChI is InChI=1S/C24H27ClF2N2O5S/c1-2-19(35(31,32)33)20(22(28)30)34-17-8-3-14-9-10-29-21(18(14)11-17)23(12-24(26,27)13-23)15-4-6-16(25)7-5-15/h3-8,11,19-21,29H,2,9-10,12-13H2,1H3,(H2,28,30)(H,31,32,33). The Morgan fingerprint density at radius 2 is 1.91 bits per heavy atom. The topological polar surface area (TPSA) is 119 Å². The van der Waals surface area contributed by atoms with Crippen LogP contribution >= 0.6 is 11.6 Å². The van der Waals surface area contributed by atoms with Gasteiger partial charge in [-0.1, -0.05) is 36.7 Å². The first-order valence-electron chi connectivity index (χ1n) is 11.3. The molecule has 1 heterocycles. The molecule has 0 aromatic heterocycles. The largest absolute Gasteiger partial charge is 0.479 e. The second-order valence-corrected chi connectivity index (χ2v) is 11.3. The summed E-state index contributed by atoms with van der Waals surface area (Å²) in [5.74, 6) is -3.70. The zero-order chi connectivity index (χ0) is 25.6. The van der Waals surface area contributed by atoms with Crippen LogP contribution in [0, 0.1) is 0 Å². The van der Waals surface area contributed by atoms with Crippen LogP contribution < -0.4 is 15.8 Å². The molecule has 4 rings (SSSR count). The van der Waals surface area contributed by atoms with Gasteiger partial charge in [0, 0.05) is 29.3 Å². The molecule has 1 aliphatic heterocycles. The monoisotopic (exact) mass is 528 g/mol. The Bertz CT molecular complexity index is 1210. The number of fused-ring (bicyclic) bond motifs is 1. The van der Waals surface area contributed by atoms with E-state index in [9.17, 15) is 26.5 Å². The van der Waals surface area contributed by atoms with Crippen molar-refractivity contribution < 1.29 is 31.3 Å². The van der Waals surface area contributed by atoms with Crippen molar-refractivity contribution in [1.82, 2.24) is 5.32 Å². The minimum atomic E-state index is -4.61. The molecule has 1 amide bonds. The van der Waals surface area contributed by atoms with E-state index in [0.29, 0.717) is 18.0 Å². The number of halogens is 3. The summed E-state index contributed by atoms with van der Waals surface area (Å²) >= 11 is 6.03. The summed E-state index contributed by atoms with van der Waals surface area (Å²) in [4.78, 5) is 12.0. The third kappa shape index (κ3) is 5.02. The summed E-state index contributed by atoms with van der Waals surface area (Å²) < 4.78 is 67.4. The fourth-order valence-corrected chi connectivity index (χ4v) is 6.42. The fourth-order valence-electron chi connectivity index (χ4n) is 5.37. The average Bonchev–Trinajstić information content (AvgIpc) is 2.76. The number of benzene rings is 2. The van der Waals surface area contributed by atoms with Crippen LogP contribution in [0.25, 0.3) is 0 Å². The predicted molar refractivity (Wildman–Crippen MR) is 127 cm³/mol. The second kappa shape index (κ2) is 9.31. The van der Waals surface area contributed by atoms with Crippen LogP contribution in [0.2, 0.25) is 5.02 Å². The van der Waals surface area contributed by atoms with Crippen LogP contribution in [-0.4, -0.2) is 42.7 Å². The molecule has 0 radical (unpaired) electrons. The van der Waals surface area contributed by atoms with E-state index < -0.39 is 44.8 Å². The normalized spacial score (nSPS) is 22.4. The minimum Gasteiger partial charge on any atom is -0.479 e. The summed E-state index contributed by atoms with van der Waals surface area (Å²) in [6.07, 6.45) is -1.78. The van der Waals surface area contributed by atoms with Gasteiger partial charge < -0.3 is 15.8 Å². The van der Waals surface area contributed by atoms with Crippen LogP contribution in [-0.2, 0) is 26.7 Å². The second-order valence-electron chi connectivity index (χ2n) is 9.27. The van der Waals surface area contributed by atoms with Crippen molar-refractivity contribution in [3.8, 4) is 5.75 Å². The Kier molecular flexibility index (Phi) is 6.87. The van der Waals surface area contributed by atoms with E-state index in [-0.39, 0.29) is 25.0 Å². The number of primary amides is 1. The highest BCUT2D eigenvalue weighted by Crippen LogP contribution is 2.60. The minimum absolute atomic E-state index is 0.101. The van der Waals surface area contributed by atoms with Crippen LogP contribution in [0.4, 0.5) is 8.78 Å². The lowest BCUT2D eigenvalue weighted by molar-refractivity contribution is -0.138. The number of nitrogens with two attached hydrogens (primary N) is 1. The van der Waals surface area contributed by atoms with E-state index in [1.54, 1.807) is 42.5 Å². The molecule has 2 aliphatic rings. The first-order valence-corrected chi connectivity index (χ1v) is 13.2. The van der Waals surface area contributed by atoms with E-state index in [2.05, 4.69) is 5.32 Å². The lowest BCUT2D eigenvalue weighted by Crippen LogP contribution is -2.57. The summed E-state index contributed by atoms with van der Waals surface area (Å²) in [5, 5.41) is 2.34. The van der Waals surface area contributed by atoms with Gasteiger partial charge in [0.15, 0.2) is 6.10 Å². The maximum atomic E-state index is 14.3. The molecule has 1 saturated carbocycles. The maximum absolute atomic E-state index is 14.3. The highest BCUT2D eigenvalue weighted by Gasteiger charge is 2.61. The number of amides is 1. The molecule has 3 atom stereocenters. The Hall–Kier alpha value is -2.27. The van der Waals surface area contributed by atoms with Crippen molar-refractivity contribution in [3.63, 3.8) is 0 Å². The molecular formula is C24H27ClF2N2O5S. The highest BCUT2D eigenvalue weighted by molar-refractivity contribution is 7.86. The number of rotatable bonds is 8.